The molecule has 0 spiro atoms. The number of amides is 1. The van der Waals surface area contributed by atoms with Crippen molar-refractivity contribution >= 4 is 11.6 Å². The van der Waals surface area contributed by atoms with Crippen LogP contribution in [-0.4, -0.2) is 19.0 Å². The zero-order valence-electron chi connectivity index (χ0n) is 10.2. The number of hydrogen-bond acceptors (Lipinski definition) is 3. The van der Waals surface area contributed by atoms with Gasteiger partial charge in [0.2, 0.25) is 5.91 Å². The second-order valence-corrected chi connectivity index (χ2v) is 4.27. The Morgan fingerprint density at radius 1 is 1.47 bits per heavy atom. The second kappa shape index (κ2) is 6.66. The Bertz CT molecular complexity index is 421. The number of benzene rings is 1. The van der Waals surface area contributed by atoms with Crippen LogP contribution >= 0.6 is 0 Å². The summed E-state index contributed by atoms with van der Waals surface area (Å²) in [4.78, 5) is 11.5. The Hall–Kier alpha value is -1.86. The summed E-state index contributed by atoms with van der Waals surface area (Å²) in [5.41, 5.74) is 1.19. The molecular formula is C13H17N3O. The number of nitriles is 1. The van der Waals surface area contributed by atoms with Crippen molar-refractivity contribution in [1.29, 1.82) is 5.26 Å². The van der Waals surface area contributed by atoms with E-state index in [0.717, 1.165) is 6.54 Å². The molecule has 90 valence electrons. The molecule has 17 heavy (non-hydrogen) atoms. The number of anilines is 1. The van der Waals surface area contributed by atoms with E-state index in [4.69, 9.17) is 5.26 Å². The molecule has 0 atom stereocenters. The van der Waals surface area contributed by atoms with Gasteiger partial charge in [0.25, 0.3) is 0 Å². The standard InChI is InChI=1S/C13H17N3O/c1-10(2)8-15-9-13(17)16-12-5-3-4-11(6-12)7-14/h3-6,10,15H,8-9H2,1-2H3,(H,16,17). The van der Waals surface area contributed by atoms with Crippen molar-refractivity contribution in [3.8, 4) is 6.07 Å². The highest BCUT2D eigenvalue weighted by molar-refractivity contribution is 5.92. The van der Waals surface area contributed by atoms with Gasteiger partial charge in [0.15, 0.2) is 0 Å². The van der Waals surface area contributed by atoms with Crippen LogP contribution in [0.1, 0.15) is 19.4 Å². The van der Waals surface area contributed by atoms with E-state index in [1.54, 1.807) is 24.3 Å². The van der Waals surface area contributed by atoms with Crippen LogP contribution in [0.2, 0.25) is 0 Å². The number of carbonyl (C=O) groups is 1. The fraction of sp³-hybridized carbons (Fsp3) is 0.385. The molecule has 1 aromatic carbocycles. The first-order valence-electron chi connectivity index (χ1n) is 5.62. The molecule has 0 aliphatic heterocycles. The third-order valence-electron chi connectivity index (χ3n) is 2.11. The van der Waals surface area contributed by atoms with E-state index in [1.165, 1.54) is 0 Å². The molecular weight excluding hydrogens is 214 g/mol. The van der Waals surface area contributed by atoms with Crippen LogP contribution in [-0.2, 0) is 4.79 Å². The van der Waals surface area contributed by atoms with Crippen molar-refractivity contribution < 1.29 is 4.79 Å². The van der Waals surface area contributed by atoms with Crippen molar-refractivity contribution in [3.05, 3.63) is 29.8 Å². The summed E-state index contributed by atoms with van der Waals surface area (Å²) in [6.45, 7) is 5.27. The number of carbonyl (C=O) groups excluding carboxylic acids is 1. The van der Waals surface area contributed by atoms with Gasteiger partial charge in [-0.2, -0.15) is 5.26 Å². The van der Waals surface area contributed by atoms with E-state index in [-0.39, 0.29) is 12.5 Å². The first-order valence-corrected chi connectivity index (χ1v) is 5.62. The normalized spacial score (nSPS) is 10.0. The van der Waals surface area contributed by atoms with Crippen molar-refractivity contribution in [2.75, 3.05) is 18.4 Å². The van der Waals surface area contributed by atoms with Crippen molar-refractivity contribution in [2.45, 2.75) is 13.8 Å². The highest BCUT2D eigenvalue weighted by Gasteiger charge is 2.02. The predicted octanol–water partition coefficient (Wildman–Crippen LogP) is 1.74. The van der Waals surface area contributed by atoms with Crippen LogP contribution in [0.15, 0.2) is 24.3 Å². The molecule has 2 N–H and O–H groups in total. The SMILES string of the molecule is CC(C)CNCC(=O)Nc1cccc(C#N)c1. The molecule has 0 heterocycles. The van der Waals surface area contributed by atoms with Crippen molar-refractivity contribution in [3.63, 3.8) is 0 Å². The van der Waals surface area contributed by atoms with Crippen LogP contribution in [0.4, 0.5) is 5.69 Å². The minimum atomic E-state index is -0.0965. The van der Waals surface area contributed by atoms with Crippen LogP contribution in [0.3, 0.4) is 0 Å². The van der Waals surface area contributed by atoms with Gasteiger partial charge >= 0.3 is 0 Å². The third kappa shape index (κ3) is 5.14. The van der Waals surface area contributed by atoms with Gasteiger partial charge in [-0.1, -0.05) is 19.9 Å². The molecule has 0 aromatic heterocycles. The molecule has 0 unspecified atom stereocenters. The molecule has 1 aromatic rings. The summed E-state index contributed by atoms with van der Waals surface area (Å²) in [6, 6.07) is 8.90. The van der Waals surface area contributed by atoms with Crippen LogP contribution in [0.5, 0.6) is 0 Å². The molecule has 4 nitrogen and oxygen atoms in total. The second-order valence-electron chi connectivity index (χ2n) is 4.27. The summed E-state index contributed by atoms with van der Waals surface area (Å²) in [5, 5.41) is 14.5. The monoisotopic (exact) mass is 231 g/mol. The maximum Gasteiger partial charge on any atom is 0.238 e. The van der Waals surface area contributed by atoms with Crippen LogP contribution < -0.4 is 10.6 Å². The Morgan fingerprint density at radius 2 is 2.24 bits per heavy atom. The van der Waals surface area contributed by atoms with Gasteiger partial charge in [-0.3, -0.25) is 4.79 Å². The van der Waals surface area contributed by atoms with Gasteiger partial charge in [-0.05, 0) is 30.7 Å². The van der Waals surface area contributed by atoms with Gasteiger partial charge in [-0.25, -0.2) is 0 Å². The summed E-state index contributed by atoms with van der Waals surface area (Å²) in [7, 11) is 0. The Kier molecular flexibility index (Phi) is 5.18. The van der Waals surface area contributed by atoms with E-state index in [2.05, 4.69) is 24.5 Å². The molecule has 0 saturated carbocycles. The van der Waals surface area contributed by atoms with Gasteiger partial charge in [0, 0.05) is 5.69 Å². The number of rotatable bonds is 5. The molecule has 0 radical (unpaired) electrons. The molecule has 0 fully saturated rings. The minimum absolute atomic E-state index is 0.0965. The molecule has 4 heteroatoms. The third-order valence-corrected chi connectivity index (χ3v) is 2.11. The summed E-state index contributed by atoms with van der Waals surface area (Å²) in [6.07, 6.45) is 0. The van der Waals surface area contributed by atoms with Crippen molar-refractivity contribution in [2.24, 2.45) is 5.92 Å². The lowest BCUT2D eigenvalue weighted by molar-refractivity contribution is -0.115. The molecule has 0 aliphatic rings. The average Bonchev–Trinajstić information content (AvgIpc) is 2.28. The molecule has 0 bridgehead atoms. The predicted molar refractivity (Wildman–Crippen MR) is 67.5 cm³/mol. The largest absolute Gasteiger partial charge is 0.325 e. The van der Waals surface area contributed by atoms with Gasteiger partial charge in [0.05, 0.1) is 18.2 Å². The fourth-order valence-corrected chi connectivity index (χ4v) is 1.35. The zero-order valence-corrected chi connectivity index (χ0v) is 10.2. The van der Waals surface area contributed by atoms with E-state index in [9.17, 15) is 4.79 Å². The highest BCUT2D eigenvalue weighted by Crippen LogP contribution is 2.09. The Balaban J connectivity index is 2.43. The number of nitrogens with zero attached hydrogens (tertiary/aromatic N) is 1. The molecule has 0 saturated heterocycles. The van der Waals surface area contributed by atoms with E-state index in [1.807, 2.05) is 6.07 Å². The quantitative estimate of drug-likeness (QED) is 0.811. The minimum Gasteiger partial charge on any atom is -0.325 e. The Morgan fingerprint density at radius 3 is 2.88 bits per heavy atom. The van der Waals surface area contributed by atoms with E-state index < -0.39 is 0 Å². The molecule has 1 rings (SSSR count). The summed E-state index contributed by atoms with van der Waals surface area (Å²) in [5.74, 6) is 0.422. The van der Waals surface area contributed by atoms with E-state index in [0.29, 0.717) is 17.2 Å². The van der Waals surface area contributed by atoms with Gasteiger partial charge < -0.3 is 10.6 Å². The molecule has 0 aliphatic carbocycles. The smallest absolute Gasteiger partial charge is 0.238 e. The lowest BCUT2D eigenvalue weighted by Crippen LogP contribution is -2.30. The summed E-state index contributed by atoms with van der Waals surface area (Å²) < 4.78 is 0. The molecule has 1 amide bonds. The lowest BCUT2D eigenvalue weighted by Gasteiger charge is -2.08. The number of hydrogen-bond donors (Lipinski definition) is 2. The van der Waals surface area contributed by atoms with Crippen LogP contribution in [0, 0.1) is 17.2 Å². The fourth-order valence-electron chi connectivity index (χ4n) is 1.35. The maximum absolute atomic E-state index is 11.5. The Labute approximate surface area is 102 Å². The highest BCUT2D eigenvalue weighted by atomic mass is 16.1. The van der Waals surface area contributed by atoms with Crippen LogP contribution in [0.25, 0.3) is 0 Å². The lowest BCUT2D eigenvalue weighted by atomic mass is 10.2. The van der Waals surface area contributed by atoms with Gasteiger partial charge in [-0.15, -0.1) is 0 Å². The zero-order chi connectivity index (χ0) is 12.7. The first-order chi connectivity index (χ1) is 8.11. The summed E-state index contributed by atoms with van der Waals surface area (Å²) >= 11 is 0. The topological polar surface area (TPSA) is 64.9 Å². The van der Waals surface area contributed by atoms with E-state index >= 15 is 0 Å². The van der Waals surface area contributed by atoms with Gasteiger partial charge in [0.1, 0.15) is 0 Å². The maximum atomic E-state index is 11.5. The number of nitrogens with one attached hydrogen (secondary N) is 2. The average molecular weight is 231 g/mol. The van der Waals surface area contributed by atoms with Crippen molar-refractivity contribution in [1.82, 2.24) is 5.32 Å². The first kappa shape index (κ1) is 13.2.